The number of nitrogens with one attached hydrogen (secondary N) is 1. The third-order valence-corrected chi connectivity index (χ3v) is 4.47. The summed E-state index contributed by atoms with van der Waals surface area (Å²) in [4.78, 5) is 0. The van der Waals surface area contributed by atoms with Gasteiger partial charge in [0, 0.05) is 5.02 Å². The smallest absolute Gasteiger partial charge is 0.0656 e. The number of benzene rings is 1. The molecule has 1 nitrogen and oxygen atoms in total. The zero-order valence-electron chi connectivity index (χ0n) is 8.71. The Morgan fingerprint density at radius 1 is 1.25 bits per heavy atom. The van der Waals surface area contributed by atoms with Gasteiger partial charge >= 0.3 is 0 Å². The number of thiophene rings is 1. The summed E-state index contributed by atoms with van der Waals surface area (Å²) < 4.78 is 1.31. The van der Waals surface area contributed by atoms with E-state index < -0.39 is 0 Å². The molecule has 0 saturated carbocycles. The SMILES string of the molecule is CNC(c1ccc(Cl)cc1)c1csc(I)c1. The summed E-state index contributed by atoms with van der Waals surface area (Å²) in [6.45, 7) is 0. The van der Waals surface area contributed by atoms with E-state index in [0.29, 0.717) is 0 Å². The van der Waals surface area contributed by atoms with Crippen LogP contribution in [0.4, 0.5) is 0 Å². The Balaban J connectivity index is 2.32. The minimum absolute atomic E-state index is 0.247. The molecule has 2 aromatic rings. The van der Waals surface area contributed by atoms with Gasteiger partial charge in [-0.1, -0.05) is 23.7 Å². The van der Waals surface area contributed by atoms with Gasteiger partial charge in [0.15, 0.2) is 0 Å². The summed E-state index contributed by atoms with van der Waals surface area (Å²) in [5, 5.41) is 6.30. The molecule has 0 aliphatic heterocycles. The Morgan fingerprint density at radius 2 is 1.94 bits per heavy atom. The van der Waals surface area contributed by atoms with Crippen molar-refractivity contribution < 1.29 is 0 Å². The van der Waals surface area contributed by atoms with E-state index >= 15 is 0 Å². The molecular weight excluding hydrogens is 353 g/mol. The van der Waals surface area contributed by atoms with Gasteiger partial charge in [0.25, 0.3) is 0 Å². The molecule has 0 aliphatic rings. The summed E-state index contributed by atoms with van der Waals surface area (Å²) in [6.07, 6.45) is 0. The molecule has 1 unspecified atom stereocenters. The summed E-state index contributed by atoms with van der Waals surface area (Å²) in [5.41, 5.74) is 2.54. The van der Waals surface area contributed by atoms with Gasteiger partial charge in [-0.15, -0.1) is 11.3 Å². The summed E-state index contributed by atoms with van der Waals surface area (Å²) in [6, 6.07) is 10.4. The Kier molecular flexibility index (Phi) is 4.24. The molecule has 0 amide bonds. The van der Waals surface area contributed by atoms with Crippen LogP contribution in [0.3, 0.4) is 0 Å². The average molecular weight is 364 g/mol. The van der Waals surface area contributed by atoms with E-state index in [0.717, 1.165) is 5.02 Å². The summed E-state index contributed by atoms with van der Waals surface area (Å²) in [5.74, 6) is 0. The van der Waals surface area contributed by atoms with Crippen molar-refractivity contribution in [2.75, 3.05) is 7.05 Å². The van der Waals surface area contributed by atoms with Crippen LogP contribution in [0, 0.1) is 2.88 Å². The van der Waals surface area contributed by atoms with E-state index in [9.17, 15) is 0 Å². The first kappa shape index (κ1) is 12.4. The molecule has 84 valence electrons. The van der Waals surface area contributed by atoms with Gasteiger partial charge in [-0.2, -0.15) is 0 Å². The van der Waals surface area contributed by atoms with Gasteiger partial charge < -0.3 is 5.32 Å². The van der Waals surface area contributed by atoms with Crippen LogP contribution in [0.25, 0.3) is 0 Å². The fourth-order valence-corrected chi connectivity index (χ4v) is 3.18. The first-order chi connectivity index (χ1) is 7.70. The highest BCUT2D eigenvalue weighted by Crippen LogP contribution is 2.27. The van der Waals surface area contributed by atoms with Crippen molar-refractivity contribution in [3.8, 4) is 0 Å². The Bertz CT molecular complexity index is 466. The Morgan fingerprint density at radius 3 is 2.44 bits per heavy atom. The van der Waals surface area contributed by atoms with Crippen molar-refractivity contribution in [1.82, 2.24) is 5.32 Å². The maximum atomic E-state index is 5.89. The second kappa shape index (κ2) is 5.49. The maximum absolute atomic E-state index is 5.89. The van der Waals surface area contributed by atoms with Crippen LogP contribution < -0.4 is 5.32 Å². The second-order valence-corrected chi connectivity index (χ2v) is 6.70. The zero-order valence-corrected chi connectivity index (χ0v) is 12.4. The highest BCUT2D eigenvalue weighted by molar-refractivity contribution is 14.1. The van der Waals surface area contributed by atoms with Crippen LogP contribution in [-0.2, 0) is 0 Å². The molecule has 16 heavy (non-hydrogen) atoms. The number of rotatable bonds is 3. The lowest BCUT2D eigenvalue weighted by atomic mass is 10.0. The molecule has 0 spiro atoms. The van der Waals surface area contributed by atoms with Crippen molar-refractivity contribution in [1.29, 1.82) is 0 Å². The van der Waals surface area contributed by atoms with Crippen LogP contribution >= 0.6 is 45.5 Å². The fraction of sp³-hybridized carbons (Fsp3) is 0.167. The Hall–Kier alpha value is -0.100. The van der Waals surface area contributed by atoms with E-state index in [-0.39, 0.29) is 6.04 Å². The van der Waals surface area contributed by atoms with E-state index in [1.807, 2.05) is 19.2 Å². The fourth-order valence-electron chi connectivity index (χ4n) is 1.66. The maximum Gasteiger partial charge on any atom is 0.0656 e. The average Bonchev–Trinajstić information content (AvgIpc) is 2.69. The highest BCUT2D eigenvalue weighted by Gasteiger charge is 2.12. The number of hydrogen-bond acceptors (Lipinski definition) is 2. The third-order valence-electron chi connectivity index (χ3n) is 2.41. The van der Waals surface area contributed by atoms with E-state index in [2.05, 4.69) is 51.5 Å². The van der Waals surface area contributed by atoms with Crippen LogP contribution in [0.1, 0.15) is 17.2 Å². The summed E-state index contributed by atoms with van der Waals surface area (Å²) in [7, 11) is 1.98. The first-order valence-corrected chi connectivity index (χ1v) is 7.21. The molecule has 1 atom stereocenters. The zero-order chi connectivity index (χ0) is 11.5. The largest absolute Gasteiger partial charge is 0.309 e. The molecule has 1 N–H and O–H groups in total. The van der Waals surface area contributed by atoms with Crippen molar-refractivity contribution in [2.24, 2.45) is 0 Å². The van der Waals surface area contributed by atoms with E-state index in [1.54, 1.807) is 11.3 Å². The molecule has 2 rings (SSSR count). The number of hydrogen-bond donors (Lipinski definition) is 1. The molecule has 1 aromatic carbocycles. The minimum Gasteiger partial charge on any atom is -0.309 e. The highest BCUT2D eigenvalue weighted by atomic mass is 127. The predicted octanol–water partition coefficient (Wildman–Crippen LogP) is 4.31. The lowest BCUT2D eigenvalue weighted by Gasteiger charge is -2.15. The molecule has 1 aromatic heterocycles. The van der Waals surface area contributed by atoms with Crippen LogP contribution in [0.15, 0.2) is 35.7 Å². The van der Waals surface area contributed by atoms with Gasteiger partial charge in [0.1, 0.15) is 0 Å². The normalized spacial score (nSPS) is 12.7. The molecule has 0 fully saturated rings. The molecular formula is C12H11ClINS. The van der Waals surface area contributed by atoms with Crippen molar-refractivity contribution >= 4 is 45.5 Å². The van der Waals surface area contributed by atoms with Gasteiger partial charge in [0.05, 0.1) is 8.93 Å². The molecule has 1 heterocycles. The van der Waals surface area contributed by atoms with Crippen molar-refractivity contribution in [3.05, 3.63) is 54.7 Å². The lowest BCUT2D eigenvalue weighted by Crippen LogP contribution is -2.16. The first-order valence-electron chi connectivity index (χ1n) is 4.87. The van der Waals surface area contributed by atoms with Gasteiger partial charge in [-0.05, 0) is 64.3 Å². The van der Waals surface area contributed by atoms with E-state index in [1.165, 1.54) is 14.0 Å². The van der Waals surface area contributed by atoms with Crippen LogP contribution in [-0.4, -0.2) is 7.05 Å². The molecule has 0 radical (unpaired) electrons. The van der Waals surface area contributed by atoms with Crippen LogP contribution in [0.2, 0.25) is 5.02 Å². The molecule has 0 saturated heterocycles. The monoisotopic (exact) mass is 363 g/mol. The van der Waals surface area contributed by atoms with Gasteiger partial charge in [-0.3, -0.25) is 0 Å². The topological polar surface area (TPSA) is 12.0 Å². The van der Waals surface area contributed by atoms with E-state index in [4.69, 9.17) is 11.6 Å². The number of halogens is 2. The van der Waals surface area contributed by atoms with Gasteiger partial charge in [-0.25, -0.2) is 0 Å². The standard InChI is InChI=1S/C12H11ClINS/c1-15-12(9-6-11(14)16-7-9)8-2-4-10(13)5-3-8/h2-7,12,15H,1H3. The lowest BCUT2D eigenvalue weighted by molar-refractivity contribution is 0.694. The Labute approximate surface area is 118 Å². The quantitative estimate of drug-likeness (QED) is 0.801. The molecule has 0 aliphatic carbocycles. The van der Waals surface area contributed by atoms with Crippen LogP contribution in [0.5, 0.6) is 0 Å². The van der Waals surface area contributed by atoms with Gasteiger partial charge in [0.2, 0.25) is 0 Å². The molecule has 4 heteroatoms. The predicted molar refractivity (Wildman–Crippen MR) is 79.4 cm³/mol. The minimum atomic E-state index is 0.247. The summed E-state index contributed by atoms with van der Waals surface area (Å²) >= 11 is 10.0. The van der Waals surface area contributed by atoms with Crippen molar-refractivity contribution in [2.45, 2.75) is 6.04 Å². The second-order valence-electron chi connectivity index (χ2n) is 3.46. The molecule has 0 bridgehead atoms. The third kappa shape index (κ3) is 2.77. The van der Waals surface area contributed by atoms with Crippen molar-refractivity contribution in [3.63, 3.8) is 0 Å².